The van der Waals surface area contributed by atoms with Crippen LogP contribution in [0.2, 0.25) is 5.02 Å². The van der Waals surface area contributed by atoms with Gasteiger partial charge in [-0.25, -0.2) is 0 Å². The number of halogens is 4. The number of aliphatic hydroxyl groups is 1. The Morgan fingerprint density at radius 1 is 1.38 bits per heavy atom. The van der Waals surface area contributed by atoms with Gasteiger partial charge in [0.05, 0.1) is 5.56 Å². The molecule has 0 aliphatic heterocycles. The summed E-state index contributed by atoms with van der Waals surface area (Å²) in [6.07, 6.45) is -4.86. The maximum Gasteiger partial charge on any atom is 0.416 e. The van der Waals surface area contributed by atoms with Gasteiger partial charge in [0.25, 0.3) is 0 Å². The number of phenols is 1. The number of hydrogen-bond donors (Lipinski definition) is 2. The first-order valence-electron chi connectivity index (χ1n) is 4.48. The van der Waals surface area contributed by atoms with E-state index in [4.69, 9.17) is 16.7 Å². The second kappa shape index (κ2) is 4.51. The summed E-state index contributed by atoms with van der Waals surface area (Å²) in [6.45, 7) is 0.941. The first-order valence-corrected chi connectivity index (χ1v) is 4.85. The molecule has 0 aliphatic carbocycles. The van der Waals surface area contributed by atoms with E-state index in [2.05, 4.69) is 0 Å². The van der Waals surface area contributed by atoms with Crippen LogP contribution in [-0.4, -0.2) is 16.8 Å². The highest BCUT2D eigenvalue weighted by Gasteiger charge is 2.35. The first kappa shape index (κ1) is 13.1. The minimum Gasteiger partial charge on any atom is -0.507 e. The topological polar surface area (TPSA) is 40.5 Å². The van der Waals surface area contributed by atoms with Gasteiger partial charge >= 0.3 is 6.18 Å². The molecule has 0 heterocycles. The third kappa shape index (κ3) is 2.41. The van der Waals surface area contributed by atoms with Crippen LogP contribution >= 0.6 is 11.6 Å². The van der Waals surface area contributed by atoms with E-state index in [1.54, 1.807) is 0 Å². The molecule has 1 aromatic carbocycles. The summed E-state index contributed by atoms with van der Waals surface area (Å²) in [6, 6.07) is 0.765. The van der Waals surface area contributed by atoms with Gasteiger partial charge in [0.15, 0.2) is 0 Å². The molecular weight excluding hydrogens is 245 g/mol. The zero-order valence-electron chi connectivity index (χ0n) is 8.40. The van der Waals surface area contributed by atoms with Crippen LogP contribution < -0.4 is 0 Å². The van der Waals surface area contributed by atoms with Gasteiger partial charge in [-0.05, 0) is 19.4 Å². The molecule has 1 aromatic rings. The lowest BCUT2D eigenvalue weighted by atomic mass is 10.00. The molecule has 16 heavy (non-hydrogen) atoms. The van der Waals surface area contributed by atoms with E-state index >= 15 is 0 Å². The predicted molar refractivity (Wildman–Crippen MR) is 53.6 cm³/mol. The Labute approximate surface area is 95.3 Å². The average molecular weight is 255 g/mol. The molecule has 6 heteroatoms. The molecule has 0 aliphatic rings. The van der Waals surface area contributed by atoms with Crippen molar-refractivity contribution in [3.05, 3.63) is 27.8 Å². The van der Waals surface area contributed by atoms with Crippen molar-refractivity contribution in [1.29, 1.82) is 0 Å². The molecule has 90 valence electrons. The highest BCUT2D eigenvalue weighted by Crippen LogP contribution is 2.40. The van der Waals surface area contributed by atoms with Crippen LogP contribution in [0.15, 0.2) is 6.07 Å². The van der Waals surface area contributed by atoms with E-state index in [-0.39, 0.29) is 22.6 Å². The zero-order valence-corrected chi connectivity index (χ0v) is 9.15. The fourth-order valence-corrected chi connectivity index (χ4v) is 1.61. The van der Waals surface area contributed by atoms with Crippen LogP contribution in [0.1, 0.15) is 16.7 Å². The SMILES string of the molecule is Cc1c(Cl)cc(C(F)(F)F)c(CCO)c1O. The van der Waals surface area contributed by atoms with Crippen LogP contribution in [0.4, 0.5) is 13.2 Å². The lowest BCUT2D eigenvalue weighted by Crippen LogP contribution is -2.11. The third-order valence-electron chi connectivity index (χ3n) is 2.26. The molecular formula is C10H10ClF3O2. The lowest BCUT2D eigenvalue weighted by molar-refractivity contribution is -0.138. The van der Waals surface area contributed by atoms with Crippen molar-refractivity contribution < 1.29 is 23.4 Å². The Kier molecular flexibility index (Phi) is 3.70. The van der Waals surface area contributed by atoms with Crippen LogP contribution in [0, 0.1) is 6.92 Å². The van der Waals surface area contributed by atoms with E-state index in [0.717, 1.165) is 6.07 Å². The quantitative estimate of drug-likeness (QED) is 0.852. The number of benzene rings is 1. The lowest BCUT2D eigenvalue weighted by Gasteiger charge is -2.16. The molecule has 0 amide bonds. The minimum atomic E-state index is -4.60. The van der Waals surface area contributed by atoms with Crippen molar-refractivity contribution >= 4 is 11.6 Å². The molecule has 0 saturated heterocycles. The van der Waals surface area contributed by atoms with E-state index < -0.39 is 24.1 Å². The van der Waals surface area contributed by atoms with Gasteiger partial charge in [0.1, 0.15) is 5.75 Å². The van der Waals surface area contributed by atoms with Gasteiger partial charge in [-0.3, -0.25) is 0 Å². The Morgan fingerprint density at radius 2 is 1.94 bits per heavy atom. The van der Waals surface area contributed by atoms with Gasteiger partial charge in [-0.2, -0.15) is 13.2 Å². The summed E-state index contributed by atoms with van der Waals surface area (Å²) >= 11 is 5.57. The number of rotatable bonds is 2. The molecule has 2 nitrogen and oxygen atoms in total. The maximum absolute atomic E-state index is 12.6. The van der Waals surface area contributed by atoms with Crippen molar-refractivity contribution in [1.82, 2.24) is 0 Å². The van der Waals surface area contributed by atoms with E-state index in [1.807, 2.05) is 0 Å². The van der Waals surface area contributed by atoms with Gasteiger partial charge < -0.3 is 10.2 Å². The molecule has 0 spiro atoms. The average Bonchev–Trinajstić information content (AvgIpc) is 2.17. The number of hydrogen-bond acceptors (Lipinski definition) is 2. The molecule has 0 aromatic heterocycles. The minimum absolute atomic E-state index is 0.147. The smallest absolute Gasteiger partial charge is 0.416 e. The summed E-state index contributed by atoms with van der Waals surface area (Å²) in [5, 5.41) is 18.1. The van der Waals surface area contributed by atoms with Gasteiger partial charge in [-0.1, -0.05) is 11.6 Å². The molecule has 0 bridgehead atoms. The summed E-state index contributed by atoms with van der Waals surface area (Å²) in [5.41, 5.74) is -1.15. The molecule has 0 radical (unpaired) electrons. The standard InChI is InChI=1S/C10H10ClF3O2/c1-5-8(11)4-7(10(12,13)14)6(2-3-15)9(5)16/h4,15-16H,2-3H2,1H3. The van der Waals surface area contributed by atoms with Crippen LogP contribution in [0.5, 0.6) is 5.75 Å². The van der Waals surface area contributed by atoms with E-state index in [9.17, 15) is 18.3 Å². The Balaban J connectivity index is 3.47. The molecule has 0 atom stereocenters. The molecule has 0 unspecified atom stereocenters. The largest absolute Gasteiger partial charge is 0.507 e. The second-order valence-electron chi connectivity index (χ2n) is 3.33. The van der Waals surface area contributed by atoms with Crippen molar-refractivity contribution in [3.63, 3.8) is 0 Å². The molecule has 0 fully saturated rings. The van der Waals surface area contributed by atoms with Crippen LogP contribution in [-0.2, 0) is 12.6 Å². The number of aromatic hydroxyl groups is 1. The van der Waals surface area contributed by atoms with E-state index in [0.29, 0.717) is 0 Å². The Morgan fingerprint density at radius 3 is 2.38 bits per heavy atom. The number of alkyl halides is 3. The van der Waals surface area contributed by atoms with Gasteiger partial charge in [0.2, 0.25) is 0 Å². The van der Waals surface area contributed by atoms with Gasteiger partial charge in [0, 0.05) is 22.8 Å². The first-order chi connectivity index (χ1) is 7.29. The Hall–Kier alpha value is -0.940. The van der Waals surface area contributed by atoms with Crippen molar-refractivity contribution in [2.75, 3.05) is 6.61 Å². The highest BCUT2D eigenvalue weighted by molar-refractivity contribution is 6.31. The van der Waals surface area contributed by atoms with Crippen LogP contribution in [0.25, 0.3) is 0 Å². The summed E-state index contributed by atoms with van der Waals surface area (Å²) in [5.74, 6) is -0.506. The highest BCUT2D eigenvalue weighted by atomic mass is 35.5. The normalized spacial score (nSPS) is 11.9. The third-order valence-corrected chi connectivity index (χ3v) is 2.66. The summed E-state index contributed by atoms with van der Waals surface area (Å²) in [7, 11) is 0. The fraction of sp³-hybridized carbons (Fsp3) is 0.400. The summed E-state index contributed by atoms with van der Waals surface area (Å²) < 4.78 is 37.8. The van der Waals surface area contributed by atoms with Crippen molar-refractivity contribution in [3.8, 4) is 5.75 Å². The fourth-order valence-electron chi connectivity index (χ4n) is 1.41. The number of phenolic OH excluding ortho intramolecular Hbond substituents is 1. The van der Waals surface area contributed by atoms with Crippen molar-refractivity contribution in [2.24, 2.45) is 0 Å². The second-order valence-corrected chi connectivity index (χ2v) is 3.74. The van der Waals surface area contributed by atoms with Gasteiger partial charge in [-0.15, -0.1) is 0 Å². The Bertz CT molecular complexity index is 402. The molecule has 0 saturated carbocycles. The predicted octanol–water partition coefficient (Wildman–Crippen LogP) is 2.91. The van der Waals surface area contributed by atoms with Crippen molar-refractivity contribution in [2.45, 2.75) is 19.5 Å². The summed E-state index contributed by atoms with van der Waals surface area (Å²) in [4.78, 5) is 0. The monoisotopic (exact) mass is 254 g/mol. The van der Waals surface area contributed by atoms with Crippen LogP contribution in [0.3, 0.4) is 0 Å². The molecule has 1 rings (SSSR count). The zero-order chi connectivity index (χ0) is 12.5. The number of aliphatic hydroxyl groups excluding tert-OH is 1. The maximum atomic E-state index is 12.6. The van der Waals surface area contributed by atoms with E-state index in [1.165, 1.54) is 6.92 Å². The molecule has 2 N–H and O–H groups in total.